The summed E-state index contributed by atoms with van der Waals surface area (Å²) >= 11 is 6.37. The third-order valence-corrected chi connectivity index (χ3v) is 8.23. The Labute approximate surface area is 186 Å². The summed E-state index contributed by atoms with van der Waals surface area (Å²) in [4.78, 5) is 17.3. The van der Waals surface area contributed by atoms with E-state index in [0.717, 1.165) is 51.6 Å². The lowest BCUT2D eigenvalue weighted by Gasteiger charge is -2.36. The summed E-state index contributed by atoms with van der Waals surface area (Å²) in [6.45, 7) is 3.95. The molecule has 0 bridgehead atoms. The summed E-state index contributed by atoms with van der Waals surface area (Å²) in [6, 6.07) is 0. The van der Waals surface area contributed by atoms with Crippen LogP contribution in [-0.2, 0) is 16.1 Å². The lowest BCUT2D eigenvalue weighted by molar-refractivity contribution is -0.130. The highest BCUT2D eigenvalue weighted by Crippen LogP contribution is 2.36. The van der Waals surface area contributed by atoms with Gasteiger partial charge in [0.15, 0.2) is 0 Å². The Bertz CT molecular complexity index is 661. The Morgan fingerprint density at radius 1 is 1.10 bits per heavy atom. The largest absolute Gasteiger partial charge is 0.375 e. The Morgan fingerprint density at radius 3 is 2.67 bits per heavy atom. The topological polar surface area (TPSA) is 56.2 Å². The van der Waals surface area contributed by atoms with E-state index in [-0.39, 0.29) is 17.9 Å². The molecule has 6 unspecified atom stereocenters. The van der Waals surface area contributed by atoms with Gasteiger partial charge in [0.1, 0.15) is 0 Å². The van der Waals surface area contributed by atoms with Crippen LogP contribution in [0.2, 0.25) is 0 Å². The van der Waals surface area contributed by atoms with Crippen molar-refractivity contribution >= 4 is 17.5 Å². The molecule has 5 nitrogen and oxygen atoms in total. The average molecular weight is 436 g/mol. The zero-order valence-electron chi connectivity index (χ0n) is 18.3. The van der Waals surface area contributed by atoms with Gasteiger partial charge in [0, 0.05) is 36.8 Å². The predicted molar refractivity (Wildman–Crippen MR) is 119 cm³/mol. The maximum atomic E-state index is 13.1. The first kappa shape index (κ1) is 22.1. The number of hydrogen-bond donors (Lipinski definition) is 1. The molecule has 3 aliphatic rings. The highest BCUT2D eigenvalue weighted by molar-refractivity contribution is 6.20. The second-order valence-corrected chi connectivity index (χ2v) is 10.7. The number of hydrogen-bond acceptors (Lipinski definition) is 3. The van der Waals surface area contributed by atoms with Crippen LogP contribution in [0, 0.1) is 23.7 Å². The van der Waals surface area contributed by atoms with Gasteiger partial charge in [0.2, 0.25) is 5.91 Å². The van der Waals surface area contributed by atoms with E-state index >= 15 is 0 Å². The van der Waals surface area contributed by atoms with Crippen molar-refractivity contribution in [3.63, 3.8) is 0 Å². The number of nitrogens with one attached hydrogen (secondary N) is 1. The van der Waals surface area contributed by atoms with Gasteiger partial charge in [-0.15, -0.1) is 11.6 Å². The fourth-order valence-corrected chi connectivity index (χ4v) is 6.12. The first-order chi connectivity index (χ1) is 14.6. The van der Waals surface area contributed by atoms with Crippen LogP contribution in [0.25, 0.3) is 0 Å². The zero-order chi connectivity index (χ0) is 20.9. The van der Waals surface area contributed by atoms with Gasteiger partial charge in [0.05, 0.1) is 18.5 Å². The predicted octanol–water partition coefficient (Wildman–Crippen LogP) is 4.79. The maximum Gasteiger partial charge on any atom is 0.223 e. The van der Waals surface area contributed by atoms with Crippen molar-refractivity contribution in [2.75, 3.05) is 6.54 Å². The molecule has 1 aromatic heterocycles. The Morgan fingerprint density at radius 2 is 1.93 bits per heavy atom. The smallest absolute Gasteiger partial charge is 0.223 e. The molecule has 0 aromatic carbocycles. The van der Waals surface area contributed by atoms with Crippen molar-refractivity contribution in [1.82, 2.24) is 14.9 Å². The number of carbonyl (C=O) groups excluding carboxylic acids is 1. The Hall–Kier alpha value is -1.07. The molecule has 1 aromatic rings. The number of nitrogens with zero attached hydrogens (tertiary/aromatic N) is 2. The molecule has 0 aliphatic heterocycles. The SMILES string of the molecule is CC1CC(CNC(=O)C2CC(Cn3ccnc3)CC(OC3CCCC3)C2)CCC1Cl. The minimum Gasteiger partial charge on any atom is -0.375 e. The molecule has 1 N–H and O–H groups in total. The first-order valence-electron chi connectivity index (χ1n) is 12.1. The number of carbonyl (C=O) groups is 1. The van der Waals surface area contributed by atoms with E-state index in [1.54, 1.807) is 0 Å². The van der Waals surface area contributed by atoms with Crippen molar-refractivity contribution in [2.24, 2.45) is 23.7 Å². The molecule has 0 saturated heterocycles. The Balaban J connectivity index is 1.32. The summed E-state index contributed by atoms with van der Waals surface area (Å²) in [5.74, 6) is 1.85. The van der Waals surface area contributed by atoms with Gasteiger partial charge < -0.3 is 14.6 Å². The number of amides is 1. The molecular weight excluding hydrogens is 398 g/mol. The van der Waals surface area contributed by atoms with Gasteiger partial charge in [-0.1, -0.05) is 19.8 Å². The number of rotatable bonds is 7. The van der Waals surface area contributed by atoms with Gasteiger partial charge in [-0.05, 0) is 69.1 Å². The Kier molecular flexibility index (Phi) is 7.74. The summed E-state index contributed by atoms with van der Waals surface area (Å²) in [5.41, 5.74) is 0. The molecular formula is C24H38ClN3O2. The van der Waals surface area contributed by atoms with E-state index in [9.17, 15) is 4.79 Å². The number of alkyl halides is 1. The summed E-state index contributed by atoms with van der Waals surface area (Å²) in [6.07, 6.45) is 17.4. The molecule has 6 atom stereocenters. The molecule has 3 saturated carbocycles. The molecule has 0 spiro atoms. The third kappa shape index (κ3) is 6.00. The van der Waals surface area contributed by atoms with Crippen LogP contribution in [0.3, 0.4) is 0 Å². The number of ether oxygens (including phenoxy) is 1. The van der Waals surface area contributed by atoms with Crippen LogP contribution >= 0.6 is 11.6 Å². The van der Waals surface area contributed by atoms with Crippen molar-refractivity contribution in [3.8, 4) is 0 Å². The molecule has 3 fully saturated rings. The normalized spacial score (nSPS) is 35.4. The molecule has 4 rings (SSSR count). The maximum absolute atomic E-state index is 13.1. The minimum atomic E-state index is 0.0560. The van der Waals surface area contributed by atoms with Gasteiger partial charge >= 0.3 is 0 Å². The number of aromatic nitrogens is 2. The van der Waals surface area contributed by atoms with Crippen molar-refractivity contribution in [2.45, 2.75) is 95.3 Å². The van der Waals surface area contributed by atoms with Gasteiger partial charge in [0.25, 0.3) is 0 Å². The van der Waals surface area contributed by atoms with E-state index in [2.05, 4.69) is 21.8 Å². The molecule has 0 radical (unpaired) electrons. The third-order valence-electron chi connectivity index (χ3n) is 7.59. The van der Waals surface area contributed by atoms with Gasteiger partial charge in [-0.3, -0.25) is 4.79 Å². The van der Waals surface area contributed by atoms with E-state index in [1.165, 1.54) is 25.7 Å². The van der Waals surface area contributed by atoms with Crippen molar-refractivity contribution in [3.05, 3.63) is 18.7 Å². The first-order valence-corrected chi connectivity index (χ1v) is 12.5. The van der Waals surface area contributed by atoms with Gasteiger partial charge in [-0.2, -0.15) is 0 Å². The van der Waals surface area contributed by atoms with Crippen LogP contribution < -0.4 is 5.32 Å². The van der Waals surface area contributed by atoms with Gasteiger partial charge in [-0.25, -0.2) is 4.98 Å². The number of halogens is 1. The summed E-state index contributed by atoms with van der Waals surface area (Å²) < 4.78 is 8.63. The zero-order valence-corrected chi connectivity index (χ0v) is 19.1. The van der Waals surface area contributed by atoms with E-state index in [4.69, 9.17) is 16.3 Å². The van der Waals surface area contributed by atoms with Crippen LogP contribution in [0.5, 0.6) is 0 Å². The summed E-state index contributed by atoms with van der Waals surface area (Å²) in [7, 11) is 0. The van der Waals surface area contributed by atoms with E-state index in [1.807, 2.05) is 18.7 Å². The monoisotopic (exact) mass is 435 g/mol. The molecule has 3 aliphatic carbocycles. The van der Waals surface area contributed by atoms with Crippen molar-refractivity contribution in [1.29, 1.82) is 0 Å². The second-order valence-electron chi connectivity index (χ2n) is 10.1. The second kappa shape index (κ2) is 10.5. The summed E-state index contributed by atoms with van der Waals surface area (Å²) in [5, 5.41) is 3.59. The van der Waals surface area contributed by atoms with Crippen molar-refractivity contribution < 1.29 is 9.53 Å². The van der Waals surface area contributed by atoms with Crippen LogP contribution in [-0.4, -0.2) is 39.6 Å². The highest BCUT2D eigenvalue weighted by Gasteiger charge is 2.35. The average Bonchev–Trinajstić information content (AvgIpc) is 3.43. The molecule has 30 heavy (non-hydrogen) atoms. The van der Waals surface area contributed by atoms with E-state index < -0.39 is 0 Å². The van der Waals surface area contributed by atoms with E-state index in [0.29, 0.717) is 29.2 Å². The molecule has 6 heteroatoms. The number of imidazole rings is 1. The highest BCUT2D eigenvalue weighted by atomic mass is 35.5. The molecule has 1 amide bonds. The standard InChI is InChI=1S/C24H38ClN3O2/c1-17-10-18(6-7-23(17)25)14-27-24(29)20-11-19(15-28-9-8-26-16-28)12-22(13-20)30-21-4-2-3-5-21/h8-9,16-23H,2-7,10-15H2,1H3,(H,27,29). The minimum absolute atomic E-state index is 0.0560. The molecule has 1 heterocycles. The molecule has 168 valence electrons. The van der Waals surface area contributed by atoms with Crippen LogP contribution in [0.4, 0.5) is 0 Å². The quantitative estimate of drug-likeness (QED) is 0.626. The van der Waals surface area contributed by atoms with Crippen LogP contribution in [0.1, 0.15) is 71.1 Å². The lowest BCUT2D eigenvalue weighted by atomic mass is 9.78. The fourth-order valence-electron chi connectivity index (χ4n) is 5.89. The van der Waals surface area contributed by atoms with Crippen LogP contribution in [0.15, 0.2) is 18.7 Å². The fraction of sp³-hybridized carbons (Fsp3) is 0.833. The lowest BCUT2D eigenvalue weighted by Crippen LogP contribution is -2.42.